The molecule has 1 aliphatic rings. The van der Waals surface area contributed by atoms with E-state index in [0.717, 1.165) is 12.1 Å². The Balaban J connectivity index is 2.24. The third-order valence-electron chi connectivity index (χ3n) is 3.72. The van der Waals surface area contributed by atoms with Gasteiger partial charge in [-0.1, -0.05) is 12.1 Å². The van der Waals surface area contributed by atoms with Gasteiger partial charge in [0.05, 0.1) is 11.3 Å². The van der Waals surface area contributed by atoms with Crippen LogP contribution in [-0.2, 0) is 0 Å². The minimum atomic E-state index is -1.65. The molecule has 0 aromatic heterocycles. The Bertz CT molecular complexity index is 590. The Morgan fingerprint density at radius 2 is 2.10 bits per heavy atom. The molecule has 1 N–H and O–H groups in total. The summed E-state index contributed by atoms with van der Waals surface area (Å²) in [6.07, 6.45) is 1.02. The van der Waals surface area contributed by atoms with Gasteiger partial charge < -0.3 is 10.1 Å². The van der Waals surface area contributed by atoms with Gasteiger partial charge in [-0.05, 0) is 18.6 Å². The van der Waals surface area contributed by atoms with Crippen LogP contribution in [0.3, 0.4) is 0 Å². The topological polar surface area (TPSA) is 52.9 Å². The SMILES string of the molecule is CCC1CN(C(=O)c2ccc(F)c(F)c2F)CC/C1=N\O. The number of piperidine rings is 1. The fourth-order valence-electron chi connectivity index (χ4n) is 2.46. The van der Waals surface area contributed by atoms with Crippen molar-refractivity contribution in [2.24, 2.45) is 11.1 Å². The quantitative estimate of drug-likeness (QED) is 0.519. The number of hydrogen-bond donors (Lipinski definition) is 1. The van der Waals surface area contributed by atoms with Crippen molar-refractivity contribution in [2.45, 2.75) is 19.8 Å². The molecule has 7 heteroatoms. The second-order valence-corrected chi connectivity index (χ2v) is 4.92. The van der Waals surface area contributed by atoms with Crippen LogP contribution >= 0.6 is 0 Å². The highest BCUT2D eigenvalue weighted by Crippen LogP contribution is 2.22. The molecule has 0 spiro atoms. The Hall–Kier alpha value is -2.05. The molecule has 1 aromatic rings. The second-order valence-electron chi connectivity index (χ2n) is 4.92. The van der Waals surface area contributed by atoms with Crippen LogP contribution < -0.4 is 0 Å². The van der Waals surface area contributed by atoms with Crippen LogP contribution in [0.1, 0.15) is 30.1 Å². The van der Waals surface area contributed by atoms with E-state index >= 15 is 0 Å². The van der Waals surface area contributed by atoms with Gasteiger partial charge in [0.25, 0.3) is 5.91 Å². The summed E-state index contributed by atoms with van der Waals surface area (Å²) in [5.74, 6) is -5.27. The highest BCUT2D eigenvalue weighted by Gasteiger charge is 2.30. The summed E-state index contributed by atoms with van der Waals surface area (Å²) >= 11 is 0. The summed E-state index contributed by atoms with van der Waals surface area (Å²) in [5, 5.41) is 12.1. The summed E-state index contributed by atoms with van der Waals surface area (Å²) in [4.78, 5) is 13.6. The zero-order chi connectivity index (χ0) is 15.6. The van der Waals surface area contributed by atoms with Crippen molar-refractivity contribution in [3.05, 3.63) is 35.1 Å². The van der Waals surface area contributed by atoms with Crippen LogP contribution in [0.5, 0.6) is 0 Å². The number of benzene rings is 1. The molecule has 21 heavy (non-hydrogen) atoms. The first-order valence-electron chi connectivity index (χ1n) is 6.63. The number of amides is 1. The van der Waals surface area contributed by atoms with E-state index in [1.54, 1.807) is 0 Å². The molecular formula is C14H15F3N2O2. The molecule has 0 aliphatic carbocycles. The first kappa shape index (κ1) is 15.3. The molecule has 1 aliphatic heterocycles. The van der Waals surface area contributed by atoms with Crippen LogP contribution in [-0.4, -0.2) is 34.8 Å². The van der Waals surface area contributed by atoms with Gasteiger partial charge >= 0.3 is 0 Å². The predicted molar refractivity (Wildman–Crippen MR) is 69.8 cm³/mol. The first-order valence-corrected chi connectivity index (χ1v) is 6.63. The Morgan fingerprint density at radius 1 is 1.38 bits per heavy atom. The van der Waals surface area contributed by atoms with Crippen molar-refractivity contribution in [1.29, 1.82) is 0 Å². The zero-order valence-corrected chi connectivity index (χ0v) is 11.4. The van der Waals surface area contributed by atoms with Gasteiger partial charge in [-0.25, -0.2) is 13.2 Å². The van der Waals surface area contributed by atoms with Gasteiger partial charge in [0.15, 0.2) is 17.5 Å². The number of carbonyl (C=O) groups excluding carboxylic acids is 1. The van der Waals surface area contributed by atoms with Crippen LogP contribution in [0.4, 0.5) is 13.2 Å². The molecule has 2 rings (SSSR count). The third-order valence-corrected chi connectivity index (χ3v) is 3.72. The smallest absolute Gasteiger partial charge is 0.256 e. The van der Waals surface area contributed by atoms with Crippen LogP contribution in [0.25, 0.3) is 0 Å². The predicted octanol–water partition coefficient (Wildman–Crippen LogP) is 2.81. The van der Waals surface area contributed by atoms with Crippen LogP contribution in [0.15, 0.2) is 17.3 Å². The van der Waals surface area contributed by atoms with E-state index in [9.17, 15) is 18.0 Å². The average molecular weight is 300 g/mol. The van der Waals surface area contributed by atoms with E-state index in [0.29, 0.717) is 18.6 Å². The van der Waals surface area contributed by atoms with E-state index in [1.807, 2.05) is 6.92 Å². The third kappa shape index (κ3) is 2.86. The molecule has 1 aromatic carbocycles. The Morgan fingerprint density at radius 3 is 2.71 bits per heavy atom. The van der Waals surface area contributed by atoms with E-state index in [4.69, 9.17) is 5.21 Å². The summed E-state index contributed by atoms with van der Waals surface area (Å²) in [5.41, 5.74) is 0.0976. The van der Waals surface area contributed by atoms with Gasteiger partial charge in [0, 0.05) is 25.4 Å². The number of oxime groups is 1. The molecular weight excluding hydrogens is 285 g/mol. The highest BCUT2D eigenvalue weighted by atomic mass is 19.2. The lowest BCUT2D eigenvalue weighted by Crippen LogP contribution is -2.44. The van der Waals surface area contributed by atoms with Crippen molar-refractivity contribution >= 4 is 11.6 Å². The summed E-state index contributed by atoms with van der Waals surface area (Å²) in [7, 11) is 0. The molecule has 0 bridgehead atoms. The molecule has 1 saturated heterocycles. The Kier molecular flexibility index (Phi) is 4.50. The largest absolute Gasteiger partial charge is 0.411 e. The molecule has 1 atom stereocenters. The normalized spacial score (nSPS) is 20.9. The minimum absolute atomic E-state index is 0.124. The maximum absolute atomic E-state index is 13.7. The van der Waals surface area contributed by atoms with E-state index in [-0.39, 0.29) is 19.0 Å². The van der Waals surface area contributed by atoms with Crippen molar-refractivity contribution < 1.29 is 23.2 Å². The van der Waals surface area contributed by atoms with Crippen molar-refractivity contribution in [1.82, 2.24) is 4.90 Å². The summed E-state index contributed by atoms with van der Waals surface area (Å²) in [6, 6.07) is 1.67. The number of hydrogen-bond acceptors (Lipinski definition) is 3. The lowest BCUT2D eigenvalue weighted by Gasteiger charge is -2.33. The van der Waals surface area contributed by atoms with E-state index < -0.39 is 28.9 Å². The lowest BCUT2D eigenvalue weighted by molar-refractivity contribution is 0.0723. The van der Waals surface area contributed by atoms with Gasteiger partial charge in [0.1, 0.15) is 0 Å². The molecule has 1 unspecified atom stereocenters. The van der Waals surface area contributed by atoms with Gasteiger partial charge in [-0.15, -0.1) is 0 Å². The van der Waals surface area contributed by atoms with Gasteiger partial charge in [-0.2, -0.15) is 0 Å². The second kappa shape index (κ2) is 6.15. The molecule has 1 amide bonds. The van der Waals surface area contributed by atoms with Crippen molar-refractivity contribution in [2.75, 3.05) is 13.1 Å². The highest BCUT2D eigenvalue weighted by molar-refractivity contribution is 5.96. The van der Waals surface area contributed by atoms with Crippen molar-refractivity contribution in [3.63, 3.8) is 0 Å². The number of carbonyl (C=O) groups is 1. The van der Waals surface area contributed by atoms with Crippen LogP contribution in [0.2, 0.25) is 0 Å². The summed E-state index contributed by atoms with van der Waals surface area (Å²) < 4.78 is 39.8. The first-order chi connectivity index (χ1) is 9.99. The lowest BCUT2D eigenvalue weighted by atomic mass is 9.93. The zero-order valence-electron chi connectivity index (χ0n) is 11.4. The average Bonchev–Trinajstić information content (AvgIpc) is 2.51. The molecule has 1 fully saturated rings. The molecule has 4 nitrogen and oxygen atoms in total. The van der Waals surface area contributed by atoms with Gasteiger partial charge in [0.2, 0.25) is 0 Å². The van der Waals surface area contributed by atoms with E-state index in [2.05, 4.69) is 5.16 Å². The maximum atomic E-state index is 13.7. The van der Waals surface area contributed by atoms with E-state index in [1.165, 1.54) is 4.90 Å². The Labute approximate surface area is 119 Å². The fourth-order valence-corrected chi connectivity index (χ4v) is 2.46. The molecule has 1 heterocycles. The molecule has 0 radical (unpaired) electrons. The number of halogens is 3. The standard InChI is InChI=1S/C14H15F3N2O2/c1-2-8-7-19(6-5-11(8)18-21)14(20)9-3-4-10(15)13(17)12(9)16/h3-4,8,21H,2,5-7H2,1H3/b18-11+. The number of likely N-dealkylation sites (tertiary alicyclic amines) is 1. The molecule has 0 saturated carbocycles. The van der Waals surface area contributed by atoms with Crippen molar-refractivity contribution in [3.8, 4) is 0 Å². The number of rotatable bonds is 2. The monoisotopic (exact) mass is 300 g/mol. The molecule has 114 valence electrons. The van der Waals surface area contributed by atoms with Crippen LogP contribution in [0, 0.1) is 23.4 Å². The number of nitrogens with zero attached hydrogens (tertiary/aromatic N) is 2. The van der Waals surface area contributed by atoms with Gasteiger partial charge in [-0.3, -0.25) is 4.79 Å². The fraction of sp³-hybridized carbons (Fsp3) is 0.429. The minimum Gasteiger partial charge on any atom is -0.411 e. The maximum Gasteiger partial charge on any atom is 0.256 e. The summed E-state index contributed by atoms with van der Waals surface area (Å²) in [6.45, 7) is 2.38.